The number of pyridine rings is 1. The largest absolute Gasteiger partial charge is 0.379 e. The van der Waals surface area contributed by atoms with Gasteiger partial charge in [0.15, 0.2) is 11.5 Å². The van der Waals surface area contributed by atoms with Crippen molar-refractivity contribution in [3.8, 4) is 16.9 Å². The summed E-state index contributed by atoms with van der Waals surface area (Å²) in [7, 11) is 3.37. The van der Waals surface area contributed by atoms with E-state index in [-0.39, 0.29) is 24.2 Å². The number of imidazole rings is 1. The highest BCUT2D eigenvalue weighted by atomic mass is 19.1. The highest BCUT2D eigenvalue weighted by Gasteiger charge is 2.42. The minimum Gasteiger partial charge on any atom is -0.379 e. The van der Waals surface area contributed by atoms with E-state index in [1.54, 1.807) is 25.3 Å². The number of benzene rings is 2. The van der Waals surface area contributed by atoms with Crippen LogP contribution in [0.15, 0.2) is 54.7 Å². The van der Waals surface area contributed by atoms with Crippen molar-refractivity contribution in [2.45, 2.75) is 44.1 Å². The van der Waals surface area contributed by atoms with Gasteiger partial charge in [0.2, 0.25) is 11.9 Å². The topological polar surface area (TPSA) is 135 Å². The molecule has 4 aliphatic heterocycles. The lowest BCUT2D eigenvalue weighted by Gasteiger charge is -2.46. The highest BCUT2D eigenvalue weighted by molar-refractivity contribution is 5.94. The van der Waals surface area contributed by atoms with Gasteiger partial charge in [-0.15, -0.1) is 0 Å². The number of morpholine rings is 1. The SMILES string of the molecule is CO[C@H]1CN(C)C(=O)[C@@H]2C[C@@H](CN2c2nc(N3CC(N4CCOCC4)C3)nc3c2cnn3-c2ccc(F)cc2F)Nc2cccc(n2)-c2cc(F)cc3nc(C)n(c23)C1. The summed E-state index contributed by atoms with van der Waals surface area (Å²) in [5.41, 5.74) is 2.76. The van der Waals surface area contributed by atoms with Crippen molar-refractivity contribution in [3.63, 3.8) is 0 Å². The lowest BCUT2D eigenvalue weighted by Crippen LogP contribution is -2.62. The Morgan fingerprint density at radius 2 is 1.75 bits per heavy atom. The van der Waals surface area contributed by atoms with Gasteiger partial charge in [0.25, 0.3) is 0 Å². The number of nitrogens with one attached hydrogen (secondary N) is 1. The molecule has 18 heteroatoms. The summed E-state index contributed by atoms with van der Waals surface area (Å²) in [6.07, 6.45) is 1.52. The molecular formula is C41H43F3N12O3. The van der Waals surface area contributed by atoms with E-state index >= 15 is 8.78 Å². The Morgan fingerprint density at radius 3 is 2.54 bits per heavy atom. The normalized spacial score (nSPS) is 21.8. The van der Waals surface area contributed by atoms with Crippen LogP contribution < -0.4 is 15.1 Å². The number of carbonyl (C=O) groups excluding carboxylic acids is 1. The number of fused-ring (bicyclic) bond motifs is 6. The van der Waals surface area contributed by atoms with Crippen LogP contribution in [0, 0.1) is 24.4 Å². The van der Waals surface area contributed by atoms with Gasteiger partial charge in [0.1, 0.15) is 40.8 Å². The summed E-state index contributed by atoms with van der Waals surface area (Å²) < 4.78 is 59.5. The summed E-state index contributed by atoms with van der Waals surface area (Å²) in [4.78, 5) is 42.7. The fraction of sp³-hybridized carbons (Fsp3) is 0.415. The molecule has 3 atom stereocenters. The Morgan fingerprint density at radius 1 is 0.915 bits per heavy atom. The number of halogens is 3. The number of rotatable bonds is 5. The molecule has 59 heavy (non-hydrogen) atoms. The second-order valence-electron chi connectivity index (χ2n) is 15.8. The van der Waals surface area contributed by atoms with Gasteiger partial charge in [-0.2, -0.15) is 15.1 Å². The molecule has 4 aliphatic rings. The van der Waals surface area contributed by atoms with Gasteiger partial charge < -0.3 is 34.1 Å². The first-order valence-corrected chi connectivity index (χ1v) is 19.8. The number of nitrogens with zero attached hydrogens (tertiary/aromatic N) is 11. The van der Waals surface area contributed by atoms with Crippen molar-refractivity contribution in [2.24, 2.45) is 0 Å². The van der Waals surface area contributed by atoms with Crippen molar-refractivity contribution >= 4 is 45.6 Å². The molecule has 6 aromatic rings. The summed E-state index contributed by atoms with van der Waals surface area (Å²) in [5.74, 6) is 0.0504. The van der Waals surface area contributed by atoms with E-state index in [2.05, 4.69) is 20.2 Å². The lowest BCUT2D eigenvalue weighted by molar-refractivity contribution is -0.132. The number of hydrogen-bond donors (Lipinski definition) is 1. The predicted octanol–water partition coefficient (Wildman–Crippen LogP) is 4.02. The van der Waals surface area contributed by atoms with E-state index in [1.807, 2.05) is 34.6 Å². The van der Waals surface area contributed by atoms with Crippen LogP contribution in [0.1, 0.15) is 12.2 Å². The van der Waals surface area contributed by atoms with Crippen LogP contribution in [0.4, 0.5) is 30.8 Å². The maximum Gasteiger partial charge on any atom is 0.245 e. The van der Waals surface area contributed by atoms with Crippen LogP contribution in [0.25, 0.3) is 39.0 Å². The molecule has 4 aromatic heterocycles. The number of amides is 1. The maximum absolute atomic E-state index is 15.4. The third-order valence-corrected chi connectivity index (χ3v) is 12.0. The number of aryl methyl sites for hydroxylation is 1. The predicted molar refractivity (Wildman–Crippen MR) is 214 cm³/mol. The summed E-state index contributed by atoms with van der Waals surface area (Å²) in [6, 6.07) is 11.1. The number of hydrogen-bond acceptors (Lipinski definition) is 12. The molecule has 4 bridgehead atoms. The molecule has 15 nitrogen and oxygen atoms in total. The van der Waals surface area contributed by atoms with Crippen molar-refractivity contribution < 1.29 is 27.4 Å². The van der Waals surface area contributed by atoms with Crippen LogP contribution in [0.3, 0.4) is 0 Å². The first-order valence-electron chi connectivity index (χ1n) is 19.8. The van der Waals surface area contributed by atoms with Crippen LogP contribution in [0.5, 0.6) is 0 Å². The van der Waals surface area contributed by atoms with Crippen molar-refractivity contribution in [1.29, 1.82) is 0 Å². The minimum atomic E-state index is -0.791. The molecule has 0 spiro atoms. The molecule has 0 unspecified atom stereocenters. The van der Waals surface area contributed by atoms with Gasteiger partial charge in [-0.25, -0.2) is 27.8 Å². The Bertz CT molecular complexity index is 2590. The molecule has 0 aliphatic carbocycles. The second kappa shape index (κ2) is 14.8. The fourth-order valence-corrected chi connectivity index (χ4v) is 8.98. The van der Waals surface area contributed by atoms with Crippen LogP contribution in [-0.2, 0) is 20.8 Å². The van der Waals surface area contributed by atoms with E-state index in [0.717, 1.165) is 24.7 Å². The zero-order valence-corrected chi connectivity index (χ0v) is 32.9. The average molecular weight is 809 g/mol. The molecule has 0 radical (unpaired) electrons. The molecule has 306 valence electrons. The zero-order chi connectivity index (χ0) is 40.5. The molecule has 1 N–H and O–H groups in total. The Hall–Kier alpha value is -5.85. The van der Waals surface area contributed by atoms with Crippen molar-refractivity contribution in [1.82, 2.24) is 44.1 Å². The second-order valence-corrected chi connectivity index (χ2v) is 15.8. The Labute approximate surface area is 337 Å². The van der Waals surface area contributed by atoms with E-state index in [1.165, 1.54) is 28.9 Å². The molecule has 1 amide bonds. The van der Waals surface area contributed by atoms with Crippen molar-refractivity contribution in [2.75, 3.05) is 81.8 Å². The van der Waals surface area contributed by atoms with E-state index in [0.29, 0.717) is 103 Å². The van der Waals surface area contributed by atoms with Gasteiger partial charge in [-0.3, -0.25) is 9.69 Å². The van der Waals surface area contributed by atoms with Gasteiger partial charge in [-0.1, -0.05) is 6.07 Å². The number of carbonyl (C=O) groups is 1. The lowest BCUT2D eigenvalue weighted by atomic mass is 10.1. The molecule has 10 rings (SSSR count). The quantitative estimate of drug-likeness (QED) is 0.270. The summed E-state index contributed by atoms with van der Waals surface area (Å²) in [5, 5.41) is 8.63. The molecule has 2 aromatic carbocycles. The van der Waals surface area contributed by atoms with Gasteiger partial charge in [0, 0.05) is 83.2 Å². The standard InChI is InChI=1S/C41H43F3N12O3/c1-23-46-33-15-25(43)13-29-32-5-4-6-36(48-32)47-26-16-35(40(57)51(2)21-28(58-3)22-54(23)37(29)33)55(18-26)38-30-17-45-56(34-8-7-24(42)14-31(34)44)39(30)50-41(49-38)53-19-27(20-53)52-9-11-59-12-10-52/h4-8,13-15,17,26-28,35H,9-12,16,18-22H2,1-3H3,(H,47,48)/t26-,28-,35-/m0/s1. The third-order valence-electron chi connectivity index (χ3n) is 12.0. The summed E-state index contributed by atoms with van der Waals surface area (Å²) in [6.45, 7) is 7.22. The number of likely N-dealkylation sites (N-methyl/N-ethyl adjacent to an activating group) is 1. The van der Waals surface area contributed by atoms with Gasteiger partial charge >= 0.3 is 0 Å². The van der Waals surface area contributed by atoms with Crippen LogP contribution >= 0.6 is 0 Å². The fourth-order valence-electron chi connectivity index (χ4n) is 8.98. The summed E-state index contributed by atoms with van der Waals surface area (Å²) >= 11 is 0. The monoisotopic (exact) mass is 808 g/mol. The first-order chi connectivity index (χ1) is 28.6. The molecule has 8 heterocycles. The number of aromatic nitrogens is 7. The number of methoxy groups -OCH3 is 1. The first kappa shape index (κ1) is 37.4. The number of ether oxygens (including phenoxy) is 2. The smallest absolute Gasteiger partial charge is 0.245 e. The van der Waals surface area contributed by atoms with Crippen LogP contribution in [0.2, 0.25) is 0 Å². The van der Waals surface area contributed by atoms with E-state index in [4.69, 9.17) is 29.4 Å². The zero-order valence-electron chi connectivity index (χ0n) is 32.9. The van der Waals surface area contributed by atoms with Gasteiger partial charge in [-0.05, 0) is 43.7 Å². The average Bonchev–Trinajstić information content (AvgIpc) is 3.91. The molecule has 3 saturated heterocycles. The van der Waals surface area contributed by atoms with Gasteiger partial charge in [0.05, 0.1) is 54.2 Å². The molecule has 0 saturated carbocycles. The molecule has 3 fully saturated rings. The third kappa shape index (κ3) is 6.68. The Balaban J connectivity index is 1.07. The van der Waals surface area contributed by atoms with E-state index in [9.17, 15) is 9.18 Å². The molecular weight excluding hydrogens is 766 g/mol. The van der Waals surface area contributed by atoms with Crippen molar-refractivity contribution in [3.05, 3.63) is 78.0 Å². The number of anilines is 3. The highest BCUT2D eigenvalue weighted by Crippen LogP contribution is 2.37. The minimum absolute atomic E-state index is 0.0324. The van der Waals surface area contributed by atoms with E-state index < -0.39 is 29.6 Å². The van der Waals surface area contributed by atoms with Crippen LogP contribution in [-0.4, -0.2) is 141 Å². The Kier molecular flexibility index (Phi) is 9.36. The maximum atomic E-state index is 15.4.